The Morgan fingerprint density at radius 1 is 1.33 bits per heavy atom. The third kappa shape index (κ3) is 1.99. The Kier molecular flexibility index (Phi) is 2.54. The van der Waals surface area contributed by atoms with E-state index in [4.69, 9.17) is 0 Å². The van der Waals surface area contributed by atoms with Crippen molar-refractivity contribution in [3.8, 4) is 0 Å². The molecule has 0 heterocycles. The second kappa shape index (κ2) is 3.22. The van der Waals surface area contributed by atoms with Crippen molar-refractivity contribution in [1.29, 1.82) is 0 Å². The fraction of sp³-hybridized carbons (Fsp3) is 0. The summed E-state index contributed by atoms with van der Waals surface area (Å²) in [6, 6.07) is 10.7. The van der Waals surface area contributed by atoms with E-state index in [1.54, 1.807) is 2.95 Å². The molecule has 1 rings (SSSR count). The highest BCUT2D eigenvalue weighted by atomic mass is 79.9. The number of hydrogen-bond acceptors (Lipinski definition) is 1. The first-order valence-corrected chi connectivity index (χ1v) is 3.81. The molecule has 1 aromatic carbocycles. The Balaban J connectivity index is 2.85. The lowest BCUT2D eigenvalue weighted by atomic mass is 10.3. The Bertz CT molecular complexity index is 174. The molecule has 0 aromatic heterocycles. The van der Waals surface area contributed by atoms with Gasteiger partial charge in [-0.2, -0.15) is 0 Å². The summed E-state index contributed by atoms with van der Waals surface area (Å²) < 4.78 is 1.65. The van der Waals surface area contributed by atoms with Gasteiger partial charge in [-0.25, -0.2) is 2.95 Å². The Labute approximate surface area is 71.3 Å². The molecule has 3 heteroatoms. The molecule has 0 bridgehead atoms. The fourth-order valence-electron chi connectivity index (χ4n) is 0.489. The molecular formula is C6H4Br2N. The molecule has 1 nitrogen and oxygen atoms in total. The Hall–Kier alpha value is -0.0200. The highest BCUT2D eigenvalue weighted by Gasteiger charge is 1.93. The number of nitrogens with zero attached hydrogens (tertiary/aromatic N) is 1. The topological polar surface area (TPSA) is 3.24 Å². The number of halogens is 2. The summed E-state index contributed by atoms with van der Waals surface area (Å²) in [5.74, 6) is 0. The molecule has 0 aliphatic rings. The molecule has 0 aliphatic heterocycles. The largest absolute Gasteiger partial charge is 0.242 e. The lowest BCUT2D eigenvalue weighted by molar-refractivity contribution is 1.62. The van der Waals surface area contributed by atoms with Crippen molar-refractivity contribution in [1.82, 2.24) is 0 Å². The van der Waals surface area contributed by atoms with E-state index in [0.717, 1.165) is 5.69 Å². The second-order valence-electron chi connectivity index (χ2n) is 1.48. The summed E-state index contributed by atoms with van der Waals surface area (Å²) in [5, 5.41) is 0. The van der Waals surface area contributed by atoms with Gasteiger partial charge in [0.25, 0.3) is 0 Å². The third-order valence-corrected chi connectivity index (χ3v) is 1.64. The van der Waals surface area contributed by atoms with Crippen molar-refractivity contribution in [2.75, 3.05) is 2.95 Å². The molecule has 0 unspecified atom stereocenters. The van der Waals surface area contributed by atoms with E-state index in [-0.39, 0.29) is 0 Å². The molecular weight excluding hydrogens is 246 g/mol. The van der Waals surface area contributed by atoms with Crippen LogP contribution in [-0.4, -0.2) is 0 Å². The van der Waals surface area contributed by atoms with Crippen molar-refractivity contribution in [2.24, 2.45) is 0 Å². The minimum atomic E-state index is 0.956. The summed E-state index contributed by atoms with van der Waals surface area (Å²) >= 11 is 6.40. The Morgan fingerprint density at radius 2 is 2.11 bits per heavy atom. The van der Waals surface area contributed by atoms with E-state index in [9.17, 15) is 0 Å². The summed E-state index contributed by atoms with van der Waals surface area (Å²) in [5.41, 5.74) is 0.956. The monoisotopic (exact) mass is 248 g/mol. The van der Waals surface area contributed by atoms with Gasteiger partial charge in [-0.1, -0.05) is 18.2 Å². The zero-order valence-electron chi connectivity index (χ0n) is 4.51. The van der Waals surface area contributed by atoms with E-state index < -0.39 is 0 Å². The van der Waals surface area contributed by atoms with Crippen molar-refractivity contribution in [2.45, 2.75) is 0 Å². The van der Waals surface area contributed by atoms with Gasteiger partial charge in [0.2, 0.25) is 0 Å². The van der Waals surface area contributed by atoms with E-state index in [1.165, 1.54) is 0 Å². The van der Waals surface area contributed by atoms with Crippen LogP contribution in [0.5, 0.6) is 0 Å². The number of anilines is 1. The van der Waals surface area contributed by atoms with Gasteiger partial charge in [0.1, 0.15) is 0 Å². The predicted molar refractivity (Wildman–Crippen MR) is 45.6 cm³/mol. The SMILES string of the molecule is BrN(Br)c1[c]cccc1. The summed E-state index contributed by atoms with van der Waals surface area (Å²) in [7, 11) is 0. The van der Waals surface area contributed by atoms with Crippen molar-refractivity contribution < 1.29 is 0 Å². The molecule has 0 N–H and O–H groups in total. The quantitative estimate of drug-likeness (QED) is 0.692. The smallest absolute Gasteiger partial charge is 0.0674 e. The van der Waals surface area contributed by atoms with Gasteiger partial charge in [0, 0.05) is 6.07 Å². The van der Waals surface area contributed by atoms with Crippen LogP contribution in [0.2, 0.25) is 0 Å². The highest BCUT2D eigenvalue weighted by Crippen LogP contribution is 2.19. The Morgan fingerprint density at radius 3 is 2.44 bits per heavy atom. The molecule has 0 spiro atoms. The van der Waals surface area contributed by atoms with Gasteiger partial charge in [-0.3, -0.25) is 0 Å². The lowest BCUT2D eigenvalue weighted by Crippen LogP contribution is -1.87. The molecule has 0 atom stereocenters. The fourth-order valence-corrected chi connectivity index (χ4v) is 0.930. The molecule has 9 heavy (non-hydrogen) atoms. The molecule has 0 amide bonds. The van der Waals surface area contributed by atoms with E-state index >= 15 is 0 Å². The van der Waals surface area contributed by atoms with E-state index in [1.807, 2.05) is 24.3 Å². The number of benzene rings is 1. The maximum absolute atomic E-state index is 3.20. The van der Waals surface area contributed by atoms with Gasteiger partial charge in [0.15, 0.2) is 0 Å². The first-order valence-electron chi connectivity index (χ1n) is 2.39. The van der Waals surface area contributed by atoms with Crippen LogP contribution in [0.3, 0.4) is 0 Å². The zero-order valence-corrected chi connectivity index (χ0v) is 7.68. The maximum Gasteiger partial charge on any atom is 0.0674 e. The minimum Gasteiger partial charge on any atom is -0.242 e. The van der Waals surface area contributed by atoms with Crippen molar-refractivity contribution in [3.05, 3.63) is 30.3 Å². The summed E-state index contributed by atoms with van der Waals surface area (Å²) in [4.78, 5) is 0. The summed E-state index contributed by atoms with van der Waals surface area (Å²) in [6.45, 7) is 0. The van der Waals surface area contributed by atoms with Crippen LogP contribution in [0.25, 0.3) is 0 Å². The minimum absolute atomic E-state index is 0.956. The molecule has 0 saturated heterocycles. The molecule has 47 valence electrons. The van der Waals surface area contributed by atoms with Crippen molar-refractivity contribution in [3.63, 3.8) is 0 Å². The molecule has 1 aromatic rings. The summed E-state index contributed by atoms with van der Waals surface area (Å²) in [6.07, 6.45) is 0. The van der Waals surface area contributed by atoms with Crippen LogP contribution < -0.4 is 2.95 Å². The van der Waals surface area contributed by atoms with Gasteiger partial charge in [-0.05, 0) is 6.07 Å². The highest BCUT2D eigenvalue weighted by molar-refractivity contribution is 9.25. The average molecular weight is 250 g/mol. The molecule has 0 aliphatic carbocycles. The lowest BCUT2D eigenvalue weighted by Gasteiger charge is -2.03. The van der Waals surface area contributed by atoms with Crippen LogP contribution >= 0.6 is 32.3 Å². The normalized spacial score (nSPS) is 9.11. The van der Waals surface area contributed by atoms with E-state index in [2.05, 4.69) is 38.4 Å². The van der Waals surface area contributed by atoms with Gasteiger partial charge < -0.3 is 0 Å². The van der Waals surface area contributed by atoms with E-state index in [0.29, 0.717) is 0 Å². The number of hydrogen-bond donors (Lipinski definition) is 0. The van der Waals surface area contributed by atoms with Crippen LogP contribution in [0.15, 0.2) is 24.3 Å². The van der Waals surface area contributed by atoms with Crippen LogP contribution in [0, 0.1) is 6.07 Å². The van der Waals surface area contributed by atoms with Gasteiger partial charge in [-0.15, -0.1) is 0 Å². The number of para-hydroxylation sites is 1. The zero-order chi connectivity index (χ0) is 6.69. The predicted octanol–water partition coefficient (Wildman–Crippen LogP) is 2.91. The van der Waals surface area contributed by atoms with Crippen LogP contribution in [0.4, 0.5) is 5.69 Å². The molecule has 0 saturated carbocycles. The molecule has 0 fully saturated rings. The van der Waals surface area contributed by atoms with Crippen LogP contribution in [-0.2, 0) is 0 Å². The van der Waals surface area contributed by atoms with Gasteiger partial charge >= 0.3 is 0 Å². The molecule has 1 radical (unpaired) electrons. The standard InChI is InChI=1S/C6H4Br2N/c7-9(8)6-4-2-1-3-5-6/h1-4H. The third-order valence-electron chi connectivity index (χ3n) is 0.875. The van der Waals surface area contributed by atoms with Crippen molar-refractivity contribution >= 4 is 38.0 Å². The first-order chi connectivity index (χ1) is 4.30. The first kappa shape index (κ1) is 7.09. The average Bonchev–Trinajstić information content (AvgIpc) is 1.90. The van der Waals surface area contributed by atoms with Gasteiger partial charge in [0.05, 0.1) is 38.0 Å². The second-order valence-corrected chi connectivity index (χ2v) is 3.85. The van der Waals surface area contributed by atoms with Crippen LogP contribution in [0.1, 0.15) is 0 Å². The number of rotatable bonds is 1. The maximum atomic E-state index is 3.20.